The molecule has 3 unspecified atom stereocenters. The van der Waals surface area contributed by atoms with Crippen LogP contribution >= 0.6 is 11.3 Å². The van der Waals surface area contributed by atoms with Gasteiger partial charge in [-0.1, -0.05) is 17.9 Å². The predicted octanol–water partition coefficient (Wildman–Crippen LogP) is 1.22. The third-order valence-electron chi connectivity index (χ3n) is 6.37. The molecule has 2 amide bonds. The molecular weight excluding hydrogens is 456 g/mol. The number of morpholine rings is 1. The number of aromatic nitrogens is 2. The van der Waals surface area contributed by atoms with Crippen LogP contribution in [0.5, 0.6) is 0 Å². The van der Waals surface area contributed by atoms with Gasteiger partial charge in [0.2, 0.25) is 11.8 Å². The van der Waals surface area contributed by atoms with Gasteiger partial charge in [-0.3, -0.25) is 9.59 Å². The molecule has 3 aliphatic rings. The number of halogens is 2. The molecule has 3 aliphatic heterocycles. The molecule has 2 saturated heterocycles. The zero-order chi connectivity index (χ0) is 23.7. The standard InChI is InChI=1S/C21H21F2N5O4S/c1-8-6-28-16-11(4-12(14(22)15(16)23)18-27-26-13(7-29)33-18)5-21(17(28)9(2)32-8)19(30)24-10(3)25-20(21)31/h4,8-9,17,29H,3,5-7H2,1-2H3,(H,24,30)(H,25,31). The van der Waals surface area contributed by atoms with E-state index in [1.807, 2.05) is 0 Å². The van der Waals surface area contributed by atoms with Gasteiger partial charge in [0.15, 0.2) is 22.1 Å². The summed E-state index contributed by atoms with van der Waals surface area (Å²) in [6.07, 6.45) is -1.14. The third kappa shape index (κ3) is 3.08. The van der Waals surface area contributed by atoms with Gasteiger partial charge in [0, 0.05) is 13.0 Å². The average Bonchev–Trinajstić information content (AvgIpc) is 3.22. The Balaban J connectivity index is 1.73. The van der Waals surface area contributed by atoms with Crippen LogP contribution < -0.4 is 15.5 Å². The minimum Gasteiger partial charge on any atom is -0.389 e. The number of carbonyl (C=O) groups is 2. The molecule has 3 N–H and O–H groups in total. The van der Waals surface area contributed by atoms with Gasteiger partial charge < -0.3 is 25.4 Å². The number of nitrogens with one attached hydrogen (secondary N) is 2. The van der Waals surface area contributed by atoms with Crippen LogP contribution in [-0.2, 0) is 27.4 Å². The fourth-order valence-electron chi connectivity index (χ4n) is 5.19. The van der Waals surface area contributed by atoms with Crippen molar-refractivity contribution >= 4 is 28.8 Å². The summed E-state index contributed by atoms with van der Waals surface area (Å²) in [5, 5.41) is 22.4. The summed E-state index contributed by atoms with van der Waals surface area (Å²) in [7, 11) is 0. The largest absolute Gasteiger partial charge is 0.389 e. The lowest BCUT2D eigenvalue weighted by atomic mass is 9.66. The molecule has 0 saturated carbocycles. The van der Waals surface area contributed by atoms with E-state index >= 15 is 8.78 Å². The molecule has 5 rings (SSSR count). The van der Waals surface area contributed by atoms with Gasteiger partial charge in [-0.25, -0.2) is 8.78 Å². The molecule has 1 aromatic carbocycles. The first-order valence-electron chi connectivity index (χ1n) is 10.4. The Bertz CT molecular complexity index is 1180. The summed E-state index contributed by atoms with van der Waals surface area (Å²) in [6, 6.07) is 0.541. The molecule has 12 heteroatoms. The molecule has 174 valence electrons. The van der Waals surface area contributed by atoms with Gasteiger partial charge in [0.25, 0.3) is 0 Å². The van der Waals surface area contributed by atoms with Crippen LogP contribution in [0.25, 0.3) is 10.6 Å². The van der Waals surface area contributed by atoms with Crippen LogP contribution in [0.3, 0.4) is 0 Å². The van der Waals surface area contributed by atoms with Gasteiger partial charge in [-0.05, 0) is 25.5 Å². The summed E-state index contributed by atoms with van der Waals surface area (Å²) in [4.78, 5) is 28.2. The van der Waals surface area contributed by atoms with E-state index in [0.29, 0.717) is 5.56 Å². The summed E-state index contributed by atoms with van der Waals surface area (Å²) in [5.41, 5.74) is -1.50. The zero-order valence-electron chi connectivity index (χ0n) is 17.8. The molecular formula is C21H21F2N5O4S. The Morgan fingerprint density at radius 3 is 2.61 bits per heavy atom. The van der Waals surface area contributed by atoms with Crippen molar-refractivity contribution in [2.24, 2.45) is 5.41 Å². The molecule has 33 heavy (non-hydrogen) atoms. The SMILES string of the molecule is C=C1NC(=O)C2(Cc3cc(-c4nnc(CO)s4)c(F)c(F)c3N3CC(C)OC(C)C32)C(=O)N1. The van der Waals surface area contributed by atoms with E-state index in [1.165, 1.54) is 6.07 Å². The van der Waals surface area contributed by atoms with Crippen LogP contribution in [-0.4, -0.2) is 51.9 Å². The van der Waals surface area contributed by atoms with E-state index in [2.05, 4.69) is 27.4 Å². The molecule has 9 nitrogen and oxygen atoms in total. The number of hydrogen-bond donors (Lipinski definition) is 3. The van der Waals surface area contributed by atoms with Crippen molar-refractivity contribution in [2.45, 2.75) is 45.1 Å². The monoisotopic (exact) mass is 477 g/mol. The zero-order valence-corrected chi connectivity index (χ0v) is 18.6. The Kier molecular flexibility index (Phi) is 4.99. The maximum atomic E-state index is 15.6. The Morgan fingerprint density at radius 2 is 1.97 bits per heavy atom. The quantitative estimate of drug-likeness (QED) is 0.557. The maximum Gasteiger partial charge on any atom is 0.243 e. The smallest absolute Gasteiger partial charge is 0.243 e. The first-order chi connectivity index (χ1) is 15.7. The van der Waals surface area contributed by atoms with E-state index in [4.69, 9.17) is 4.74 Å². The van der Waals surface area contributed by atoms with Gasteiger partial charge in [-0.2, -0.15) is 0 Å². The number of benzene rings is 1. The van der Waals surface area contributed by atoms with Crippen LogP contribution in [0, 0.1) is 17.0 Å². The van der Waals surface area contributed by atoms with Crippen molar-refractivity contribution < 1.29 is 28.2 Å². The van der Waals surface area contributed by atoms with E-state index in [9.17, 15) is 14.7 Å². The normalized spacial score (nSPS) is 26.0. The van der Waals surface area contributed by atoms with Crippen molar-refractivity contribution in [3.63, 3.8) is 0 Å². The van der Waals surface area contributed by atoms with Crippen molar-refractivity contribution in [3.05, 3.63) is 40.7 Å². The van der Waals surface area contributed by atoms with Crippen molar-refractivity contribution in [2.75, 3.05) is 11.4 Å². The van der Waals surface area contributed by atoms with Gasteiger partial charge in [-0.15, -0.1) is 10.2 Å². The number of rotatable bonds is 2. The number of anilines is 1. The van der Waals surface area contributed by atoms with E-state index < -0.39 is 41.0 Å². The Labute approximate surface area is 191 Å². The number of aliphatic hydroxyl groups is 1. The number of amides is 2. The number of ether oxygens (including phenoxy) is 1. The minimum atomic E-state index is -1.65. The number of hydrogen-bond acceptors (Lipinski definition) is 8. The molecule has 1 aromatic heterocycles. The minimum absolute atomic E-state index is 0.00534. The highest BCUT2D eigenvalue weighted by Crippen LogP contribution is 2.49. The topological polar surface area (TPSA) is 117 Å². The second-order valence-corrected chi connectivity index (χ2v) is 9.56. The Hall–Kier alpha value is -2.96. The summed E-state index contributed by atoms with van der Waals surface area (Å²) < 4.78 is 36.8. The van der Waals surface area contributed by atoms with Crippen molar-refractivity contribution in [1.29, 1.82) is 0 Å². The molecule has 2 fully saturated rings. The Morgan fingerprint density at radius 1 is 1.27 bits per heavy atom. The van der Waals surface area contributed by atoms with Crippen molar-refractivity contribution in [3.8, 4) is 10.6 Å². The summed E-state index contributed by atoms with van der Waals surface area (Å²) in [5.74, 6) is -3.30. The van der Waals surface area contributed by atoms with Crippen LogP contribution in [0.4, 0.5) is 14.5 Å². The summed E-state index contributed by atoms with van der Waals surface area (Å²) in [6.45, 7) is 6.89. The fourth-order valence-corrected chi connectivity index (χ4v) is 5.90. The molecule has 0 radical (unpaired) electrons. The fraction of sp³-hybridized carbons (Fsp3) is 0.429. The molecule has 0 bridgehead atoms. The van der Waals surface area contributed by atoms with E-state index in [1.54, 1.807) is 18.7 Å². The third-order valence-corrected chi connectivity index (χ3v) is 7.32. The first kappa shape index (κ1) is 21.9. The van der Waals surface area contributed by atoms with Crippen molar-refractivity contribution in [1.82, 2.24) is 20.8 Å². The number of nitrogens with zero attached hydrogens (tertiary/aromatic N) is 3. The van der Waals surface area contributed by atoms with Gasteiger partial charge >= 0.3 is 0 Å². The average molecular weight is 477 g/mol. The van der Waals surface area contributed by atoms with Gasteiger partial charge in [0.1, 0.15) is 10.8 Å². The number of carbonyl (C=O) groups excluding carboxylic acids is 2. The highest BCUT2D eigenvalue weighted by molar-refractivity contribution is 7.14. The van der Waals surface area contributed by atoms with Crippen LogP contribution in [0.15, 0.2) is 18.5 Å². The maximum absolute atomic E-state index is 15.6. The molecule has 2 aromatic rings. The number of aliphatic hydroxyl groups excluding tert-OH is 1. The molecule has 3 atom stereocenters. The number of fused-ring (bicyclic) bond motifs is 4. The second kappa shape index (κ2) is 7.54. The highest BCUT2D eigenvalue weighted by Gasteiger charge is 2.62. The molecule has 4 heterocycles. The van der Waals surface area contributed by atoms with Gasteiger partial charge in [0.05, 0.1) is 36.1 Å². The lowest BCUT2D eigenvalue weighted by Crippen LogP contribution is -2.74. The molecule has 0 aliphatic carbocycles. The predicted molar refractivity (Wildman–Crippen MR) is 114 cm³/mol. The van der Waals surface area contributed by atoms with E-state index in [-0.39, 0.29) is 52.8 Å². The summed E-state index contributed by atoms with van der Waals surface area (Å²) >= 11 is 0.929. The highest BCUT2D eigenvalue weighted by atomic mass is 32.1. The lowest BCUT2D eigenvalue weighted by Gasteiger charge is -2.55. The van der Waals surface area contributed by atoms with Crippen LogP contribution in [0.2, 0.25) is 0 Å². The first-order valence-corrected chi connectivity index (χ1v) is 11.2. The second-order valence-electron chi connectivity index (χ2n) is 8.50. The lowest BCUT2D eigenvalue weighted by molar-refractivity contribution is -0.154. The van der Waals surface area contributed by atoms with Crippen LogP contribution in [0.1, 0.15) is 24.4 Å². The molecule has 1 spiro atoms. The van der Waals surface area contributed by atoms with E-state index in [0.717, 1.165) is 11.3 Å².